The van der Waals surface area contributed by atoms with Crippen LogP contribution in [0.15, 0.2) is 42.5 Å². The van der Waals surface area contributed by atoms with Gasteiger partial charge in [0.1, 0.15) is 23.1 Å². The summed E-state index contributed by atoms with van der Waals surface area (Å²) in [6, 6.07) is 9.32. The molecule has 2 aromatic carbocycles. The van der Waals surface area contributed by atoms with E-state index in [0.29, 0.717) is 22.8 Å². The Bertz CT molecular complexity index is 738. The van der Waals surface area contributed by atoms with Crippen molar-refractivity contribution in [1.82, 2.24) is 0 Å². The standard InChI is InChI=1S/C18H17FO4/c1-21-13-7-8-15(16(19)10-13)17(20)9-5-12-4-6-14(22-2)11-18(12)23-3/h4-11H,1-3H3/b9-5+. The molecule has 0 radical (unpaired) electrons. The molecule has 0 amide bonds. The number of hydrogen-bond donors (Lipinski definition) is 0. The monoisotopic (exact) mass is 316 g/mol. The summed E-state index contributed by atoms with van der Waals surface area (Å²) in [5.74, 6) is 0.499. The second-order valence-corrected chi connectivity index (χ2v) is 4.65. The minimum Gasteiger partial charge on any atom is -0.497 e. The molecule has 120 valence electrons. The van der Waals surface area contributed by atoms with Gasteiger partial charge >= 0.3 is 0 Å². The van der Waals surface area contributed by atoms with Gasteiger partial charge < -0.3 is 14.2 Å². The molecule has 0 aliphatic carbocycles. The van der Waals surface area contributed by atoms with Crippen LogP contribution in [0.5, 0.6) is 17.2 Å². The zero-order valence-corrected chi connectivity index (χ0v) is 13.1. The SMILES string of the molecule is COc1ccc(C(=O)/C=C/c2ccc(OC)cc2OC)c(F)c1. The van der Waals surface area contributed by atoms with E-state index in [1.807, 2.05) is 0 Å². The highest BCUT2D eigenvalue weighted by Crippen LogP contribution is 2.26. The third-order valence-electron chi connectivity index (χ3n) is 3.30. The number of ether oxygens (including phenoxy) is 3. The smallest absolute Gasteiger partial charge is 0.188 e. The van der Waals surface area contributed by atoms with Crippen molar-refractivity contribution in [2.75, 3.05) is 21.3 Å². The molecule has 0 spiro atoms. The van der Waals surface area contributed by atoms with E-state index < -0.39 is 11.6 Å². The Morgan fingerprint density at radius 2 is 1.61 bits per heavy atom. The van der Waals surface area contributed by atoms with Crippen LogP contribution in [-0.4, -0.2) is 27.1 Å². The van der Waals surface area contributed by atoms with Crippen molar-refractivity contribution in [3.05, 3.63) is 59.4 Å². The van der Waals surface area contributed by atoms with Crippen LogP contribution in [0.1, 0.15) is 15.9 Å². The number of allylic oxidation sites excluding steroid dienone is 1. The summed E-state index contributed by atoms with van der Waals surface area (Å²) < 4.78 is 29.2. The van der Waals surface area contributed by atoms with E-state index in [1.165, 1.54) is 38.5 Å². The van der Waals surface area contributed by atoms with Crippen molar-refractivity contribution < 1.29 is 23.4 Å². The number of ketones is 1. The van der Waals surface area contributed by atoms with E-state index in [9.17, 15) is 9.18 Å². The summed E-state index contributed by atoms with van der Waals surface area (Å²) in [5, 5.41) is 0. The molecule has 0 aliphatic rings. The highest BCUT2D eigenvalue weighted by Gasteiger charge is 2.10. The van der Waals surface area contributed by atoms with Crippen molar-refractivity contribution in [3.63, 3.8) is 0 Å². The minimum atomic E-state index is -0.624. The normalized spacial score (nSPS) is 10.6. The molecule has 0 heterocycles. The summed E-state index contributed by atoms with van der Waals surface area (Å²) in [4.78, 5) is 12.1. The molecule has 0 aromatic heterocycles. The van der Waals surface area contributed by atoms with E-state index in [1.54, 1.807) is 31.4 Å². The van der Waals surface area contributed by atoms with Gasteiger partial charge in [-0.2, -0.15) is 0 Å². The van der Waals surface area contributed by atoms with E-state index in [-0.39, 0.29) is 5.56 Å². The number of benzene rings is 2. The van der Waals surface area contributed by atoms with Gasteiger partial charge in [-0.25, -0.2) is 4.39 Å². The van der Waals surface area contributed by atoms with Crippen molar-refractivity contribution in [2.24, 2.45) is 0 Å². The predicted octanol–water partition coefficient (Wildman–Crippen LogP) is 3.75. The Balaban J connectivity index is 2.24. The van der Waals surface area contributed by atoms with Gasteiger partial charge in [0.2, 0.25) is 0 Å². The maximum Gasteiger partial charge on any atom is 0.188 e. The molecule has 2 rings (SSSR count). The Kier molecular flexibility index (Phi) is 5.36. The molecule has 0 bridgehead atoms. The predicted molar refractivity (Wildman–Crippen MR) is 85.9 cm³/mol. The molecule has 0 aliphatic heterocycles. The largest absolute Gasteiger partial charge is 0.497 e. The highest BCUT2D eigenvalue weighted by molar-refractivity contribution is 6.07. The maximum atomic E-state index is 13.9. The van der Waals surface area contributed by atoms with Crippen molar-refractivity contribution in [1.29, 1.82) is 0 Å². The molecule has 0 saturated heterocycles. The number of carbonyl (C=O) groups is 1. The fourth-order valence-corrected chi connectivity index (χ4v) is 2.03. The first-order valence-corrected chi connectivity index (χ1v) is 6.87. The molecule has 5 heteroatoms. The molecule has 0 atom stereocenters. The molecular weight excluding hydrogens is 299 g/mol. The van der Waals surface area contributed by atoms with Crippen LogP contribution in [0.4, 0.5) is 4.39 Å². The summed E-state index contributed by atoms with van der Waals surface area (Å²) in [5.41, 5.74) is 0.671. The summed E-state index contributed by atoms with van der Waals surface area (Å²) in [6.07, 6.45) is 2.87. The quantitative estimate of drug-likeness (QED) is 0.601. The van der Waals surface area contributed by atoms with Gasteiger partial charge in [-0.15, -0.1) is 0 Å². The van der Waals surface area contributed by atoms with Gasteiger partial charge in [-0.1, -0.05) is 0 Å². The van der Waals surface area contributed by atoms with Crippen LogP contribution in [-0.2, 0) is 0 Å². The number of halogens is 1. The van der Waals surface area contributed by atoms with Gasteiger partial charge in [-0.05, 0) is 36.4 Å². The molecule has 0 unspecified atom stereocenters. The fraction of sp³-hybridized carbons (Fsp3) is 0.167. The zero-order chi connectivity index (χ0) is 16.8. The fourth-order valence-electron chi connectivity index (χ4n) is 2.03. The average Bonchev–Trinajstić information content (AvgIpc) is 2.59. The second kappa shape index (κ2) is 7.45. The Labute approximate surface area is 134 Å². The van der Waals surface area contributed by atoms with Crippen LogP contribution < -0.4 is 14.2 Å². The summed E-state index contributed by atoms with van der Waals surface area (Å²) in [7, 11) is 4.52. The number of rotatable bonds is 6. The lowest BCUT2D eigenvalue weighted by Gasteiger charge is -2.07. The van der Waals surface area contributed by atoms with Crippen LogP contribution >= 0.6 is 0 Å². The summed E-state index contributed by atoms with van der Waals surface area (Å²) in [6.45, 7) is 0. The molecule has 0 N–H and O–H groups in total. The molecule has 0 fully saturated rings. The van der Waals surface area contributed by atoms with Gasteiger partial charge in [0, 0.05) is 17.7 Å². The van der Waals surface area contributed by atoms with E-state index in [0.717, 1.165) is 0 Å². The molecule has 2 aromatic rings. The topological polar surface area (TPSA) is 44.8 Å². The van der Waals surface area contributed by atoms with E-state index >= 15 is 0 Å². The van der Waals surface area contributed by atoms with Gasteiger partial charge in [0.05, 0.1) is 26.9 Å². The Hall–Kier alpha value is -2.82. The first kappa shape index (κ1) is 16.5. The van der Waals surface area contributed by atoms with Gasteiger partial charge in [0.15, 0.2) is 5.78 Å². The first-order chi connectivity index (χ1) is 11.1. The zero-order valence-electron chi connectivity index (χ0n) is 13.1. The second-order valence-electron chi connectivity index (χ2n) is 4.65. The van der Waals surface area contributed by atoms with Crippen molar-refractivity contribution in [3.8, 4) is 17.2 Å². The molecule has 0 saturated carbocycles. The molecule has 4 nitrogen and oxygen atoms in total. The van der Waals surface area contributed by atoms with Crippen LogP contribution in [0.3, 0.4) is 0 Å². The Morgan fingerprint density at radius 1 is 0.957 bits per heavy atom. The lowest BCUT2D eigenvalue weighted by molar-refractivity contribution is 0.104. The van der Waals surface area contributed by atoms with Gasteiger partial charge in [-0.3, -0.25) is 4.79 Å². The van der Waals surface area contributed by atoms with Crippen LogP contribution in [0.25, 0.3) is 6.08 Å². The third-order valence-corrected chi connectivity index (χ3v) is 3.30. The lowest BCUT2D eigenvalue weighted by atomic mass is 10.1. The van der Waals surface area contributed by atoms with Crippen molar-refractivity contribution in [2.45, 2.75) is 0 Å². The van der Waals surface area contributed by atoms with Gasteiger partial charge in [0.25, 0.3) is 0 Å². The average molecular weight is 316 g/mol. The number of carbonyl (C=O) groups excluding carboxylic acids is 1. The Morgan fingerprint density at radius 3 is 2.22 bits per heavy atom. The third kappa shape index (κ3) is 3.88. The van der Waals surface area contributed by atoms with Crippen LogP contribution in [0.2, 0.25) is 0 Å². The molecular formula is C18H17FO4. The number of hydrogen-bond acceptors (Lipinski definition) is 4. The summed E-state index contributed by atoms with van der Waals surface area (Å²) >= 11 is 0. The maximum absolute atomic E-state index is 13.9. The molecule has 23 heavy (non-hydrogen) atoms. The highest BCUT2D eigenvalue weighted by atomic mass is 19.1. The lowest BCUT2D eigenvalue weighted by Crippen LogP contribution is -1.99. The van der Waals surface area contributed by atoms with E-state index in [2.05, 4.69) is 0 Å². The van der Waals surface area contributed by atoms with Crippen LogP contribution in [0, 0.1) is 5.82 Å². The van der Waals surface area contributed by atoms with E-state index in [4.69, 9.17) is 14.2 Å². The van der Waals surface area contributed by atoms with Crippen molar-refractivity contribution >= 4 is 11.9 Å². The minimum absolute atomic E-state index is 0.0190. The first-order valence-electron chi connectivity index (χ1n) is 6.87. The number of methoxy groups -OCH3 is 3.